The molecule has 0 atom stereocenters. The van der Waals surface area contributed by atoms with E-state index in [1.54, 1.807) is 18.2 Å². The van der Waals surface area contributed by atoms with Gasteiger partial charge in [-0.3, -0.25) is 0 Å². The van der Waals surface area contributed by atoms with Crippen LogP contribution in [0.1, 0.15) is 15.9 Å². The molecule has 2 aromatic carbocycles. The summed E-state index contributed by atoms with van der Waals surface area (Å²) in [5, 5.41) is 9.46. The van der Waals surface area contributed by atoms with Gasteiger partial charge in [0.15, 0.2) is 0 Å². The van der Waals surface area contributed by atoms with Crippen LogP contribution in [0.4, 0.5) is 0 Å². The van der Waals surface area contributed by atoms with Crippen molar-refractivity contribution in [3.8, 4) is 11.5 Å². The molecule has 4 nitrogen and oxygen atoms in total. The van der Waals surface area contributed by atoms with Gasteiger partial charge in [-0.2, -0.15) is 0 Å². The number of carboxylic acid groups (broad SMARTS) is 1. The molecule has 0 aromatic heterocycles. The molecule has 5 heteroatoms. The molecule has 2 aromatic rings. The molecule has 0 aliphatic carbocycles. The van der Waals surface area contributed by atoms with E-state index in [-0.39, 0.29) is 12.2 Å². The molecule has 104 valence electrons. The maximum Gasteiger partial charge on any atom is 0.335 e. The lowest BCUT2D eigenvalue weighted by Gasteiger charge is -2.11. The second-order valence-electron chi connectivity index (χ2n) is 4.05. The zero-order chi connectivity index (χ0) is 14.5. The van der Waals surface area contributed by atoms with Gasteiger partial charge in [-0.1, -0.05) is 29.8 Å². The number of methoxy groups -OCH3 is 1. The fourth-order valence-electron chi connectivity index (χ4n) is 1.71. The first-order valence-electron chi connectivity index (χ1n) is 5.89. The van der Waals surface area contributed by atoms with Crippen LogP contribution in [0, 0.1) is 0 Å². The van der Waals surface area contributed by atoms with Gasteiger partial charge < -0.3 is 14.6 Å². The average molecular weight is 293 g/mol. The van der Waals surface area contributed by atoms with E-state index in [1.165, 1.54) is 19.2 Å². The molecule has 0 saturated heterocycles. The third-order valence-corrected chi connectivity index (χ3v) is 3.07. The van der Waals surface area contributed by atoms with E-state index >= 15 is 0 Å². The monoisotopic (exact) mass is 292 g/mol. The Labute approximate surface area is 121 Å². The summed E-state index contributed by atoms with van der Waals surface area (Å²) in [5.74, 6) is 0.0392. The van der Waals surface area contributed by atoms with Crippen molar-refractivity contribution in [2.75, 3.05) is 7.11 Å². The second-order valence-corrected chi connectivity index (χ2v) is 4.46. The van der Waals surface area contributed by atoms with E-state index in [1.807, 2.05) is 12.1 Å². The van der Waals surface area contributed by atoms with Gasteiger partial charge in [0.05, 0.1) is 17.7 Å². The largest absolute Gasteiger partial charge is 0.496 e. The number of aromatic carboxylic acids is 1. The van der Waals surface area contributed by atoms with E-state index in [9.17, 15) is 4.79 Å². The standard InChI is InChI=1S/C15H13ClO4/c1-19-14-8-10(15(17)18)6-7-11(14)9-20-13-5-3-2-4-12(13)16/h2-8H,9H2,1H3,(H,17,18). The normalized spacial score (nSPS) is 10.1. The molecule has 0 fully saturated rings. The summed E-state index contributed by atoms with van der Waals surface area (Å²) in [6.45, 7) is 0.243. The van der Waals surface area contributed by atoms with Gasteiger partial charge in [0.1, 0.15) is 18.1 Å². The maximum absolute atomic E-state index is 10.9. The summed E-state index contributed by atoms with van der Waals surface area (Å²) in [5.41, 5.74) is 0.917. The molecule has 1 N–H and O–H groups in total. The van der Waals surface area contributed by atoms with Crippen molar-refractivity contribution in [2.24, 2.45) is 0 Å². The van der Waals surface area contributed by atoms with Gasteiger partial charge in [0.2, 0.25) is 0 Å². The Morgan fingerprint density at radius 3 is 2.60 bits per heavy atom. The van der Waals surface area contributed by atoms with Crippen molar-refractivity contribution in [1.82, 2.24) is 0 Å². The first-order chi connectivity index (χ1) is 9.61. The Balaban J connectivity index is 2.17. The number of carboxylic acids is 1. The van der Waals surface area contributed by atoms with Crippen LogP contribution in [0.3, 0.4) is 0 Å². The Morgan fingerprint density at radius 2 is 1.95 bits per heavy atom. The number of ether oxygens (including phenoxy) is 2. The Hall–Kier alpha value is -2.20. The van der Waals surface area contributed by atoms with Crippen LogP contribution >= 0.6 is 11.6 Å². The van der Waals surface area contributed by atoms with Gasteiger partial charge in [-0.25, -0.2) is 4.79 Å². The van der Waals surface area contributed by atoms with Gasteiger partial charge in [-0.05, 0) is 24.3 Å². The summed E-state index contributed by atoms with van der Waals surface area (Å²) >= 11 is 6.00. The van der Waals surface area contributed by atoms with Gasteiger partial charge >= 0.3 is 5.97 Å². The van der Waals surface area contributed by atoms with Crippen molar-refractivity contribution >= 4 is 17.6 Å². The molecule has 20 heavy (non-hydrogen) atoms. The van der Waals surface area contributed by atoms with Crippen LogP contribution < -0.4 is 9.47 Å². The lowest BCUT2D eigenvalue weighted by molar-refractivity contribution is 0.0696. The minimum atomic E-state index is -0.998. The van der Waals surface area contributed by atoms with Crippen molar-refractivity contribution in [2.45, 2.75) is 6.61 Å². The second kappa shape index (κ2) is 6.30. The summed E-state index contributed by atoms with van der Waals surface area (Å²) in [4.78, 5) is 10.9. The van der Waals surface area contributed by atoms with Crippen LogP contribution in [-0.4, -0.2) is 18.2 Å². The quantitative estimate of drug-likeness (QED) is 0.914. The van der Waals surface area contributed by atoms with Crippen LogP contribution in [0.25, 0.3) is 0 Å². The summed E-state index contributed by atoms with van der Waals surface area (Å²) in [6, 6.07) is 11.8. The number of halogens is 1. The highest BCUT2D eigenvalue weighted by Crippen LogP contribution is 2.26. The smallest absolute Gasteiger partial charge is 0.335 e. The third-order valence-electron chi connectivity index (χ3n) is 2.75. The number of hydrogen-bond donors (Lipinski definition) is 1. The minimum Gasteiger partial charge on any atom is -0.496 e. The summed E-state index contributed by atoms with van der Waals surface area (Å²) in [6.07, 6.45) is 0. The number of benzene rings is 2. The molecule has 0 saturated carbocycles. The van der Waals surface area contributed by atoms with E-state index in [4.69, 9.17) is 26.2 Å². The van der Waals surface area contributed by atoms with Gasteiger partial charge in [-0.15, -0.1) is 0 Å². The lowest BCUT2D eigenvalue weighted by atomic mass is 10.1. The fraction of sp³-hybridized carbons (Fsp3) is 0.133. The van der Waals surface area contributed by atoms with Crippen LogP contribution in [-0.2, 0) is 6.61 Å². The maximum atomic E-state index is 10.9. The fourth-order valence-corrected chi connectivity index (χ4v) is 1.90. The summed E-state index contributed by atoms with van der Waals surface area (Å²) in [7, 11) is 1.49. The molecule has 0 radical (unpaired) electrons. The molecule has 0 unspecified atom stereocenters. The van der Waals surface area contributed by atoms with Gasteiger partial charge in [0.25, 0.3) is 0 Å². The Kier molecular flexibility index (Phi) is 4.48. The first kappa shape index (κ1) is 14.2. The van der Waals surface area contributed by atoms with Crippen molar-refractivity contribution in [1.29, 1.82) is 0 Å². The molecule has 0 aliphatic heterocycles. The van der Waals surface area contributed by atoms with Crippen molar-refractivity contribution < 1.29 is 19.4 Å². The van der Waals surface area contributed by atoms with Crippen molar-refractivity contribution in [3.63, 3.8) is 0 Å². The summed E-state index contributed by atoms with van der Waals surface area (Å²) < 4.78 is 10.8. The highest BCUT2D eigenvalue weighted by molar-refractivity contribution is 6.32. The van der Waals surface area contributed by atoms with E-state index in [0.717, 1.165) is 5.56 Å². The van der Waals surface area contributed by atoms with Crippen LogP contribution in [0.2, 0.25) is 5.02 Å². The zero-order valence-corrected chi connectivity index (χ0v) is 11.6. The van der Waals surface area contributed by atoms with E-state index < -0.39 is 5.97 Å². The molecule has 0 spiro atoms. The molecule has 0 aliphatic rings. The van der Waals surface area contributed by atoms with Crippen molar-refractivity contribution in [3.05, 3.63) is 58.6 Å². The zero-order valence-electron chi connectivity index (χ0n) is 10.8. The highest BCUT2D eigenvalue weighted by Gasteiger charge is 2.10. The number of para-hydroxylation sites is 1. The average Bonchev–Trinajstić information content (AvgIpc) is 2.46. The lowest BCUT2D eigenvalue weighted by Crippen LogP contribution is -2.02. The van der Waals surface area contributed by atoms with Gasteiger partial charge in [0, 0.05) is 5.56 Å². The predicted molar refractivity (Wildman–Crippen MR) is 75.7 cm³/mol. The predicted octanol–water partition coefficient (Wildman–Crippen LogP) is 3.63. The molecule has 2 rings (SSSR count). The van der Waals surface area contributed by atoms with Crippen LogP contribution in [0.5, 0.6) is 11.5 Å². The SMILES string of the molecule is COc1cc(C(=O)O)ccc1COc1ccccc1Cl. The van der Waals surface area contributed by atoms with E-state index in [0.29, 0.717) is 16.5 Å². The first-order valence-corrected chi connectivity index (χ1v) is 6.27. The topological polar surface area (TPSA) is 55.8 Å². The Morgan fingerprint density at radius 1 is 1.20 bits per heavy atom. The van der Waals surface area contributed by atoms with Crippen LogP contribution in [0.15, 0.2) is 42.5 Å². The molecule has 0 heterocycles. The Bertz CT molecular complexity index is 625. The molecular formula is C15H13ClO4. The van der Waals surface area contributed by atoms with E-state index in [2.05, 4.69) is 0 Å². The third kappa shape index (κ3) is 3.22. The molecular weight excluding hydrogens is 280 g/mol. The number of hydrogen-bond acceptors (Lipinski definition) is 3. The molecule has 0 amide bonds. The number of carbonyl (C=O) groups is 1. The molecule has 0 bridgehead atoms. The minimum absolute atomic E-state index is 0.170. The highest BCUT2D eigenvalue weighted by atomic mass is 35.5. The number of rotatable bonds is 5.